The van der Waals surface area contributed by atoms with Crippen LogP contribution in [0.4, 0.5) is 0 Å². The topological polar surface area (TPSA) is 12.0 Å². The molecule has 2 heteroatoms. The third-order valence-electron chi connectivity index (χ3n) is 3.54. The molecule has 1 N–H and O–H groups in total. The maximum absolute atomic E-state index is 3.70. The van der Waals surface area contributed by atoms with Gasteiger partial charge in [-0.2, -0.15) is 0 Å². The van der Waals surface area contributed by atoms with Gasteiger partial charge in [-0.05, 0) is 37.5 Å². The van der Waals surface area contributed by atoms with Gasteiger partial charge in [-0.15, -0.1) is 11.8 Å². The first-order chi connectivity index (χ1) is 6.97. The normalized spacial score (nSPS) is 32.1. The lowest BCUT2D eigenvalue weighted by atomic mass is 9.91. The second-order valence-corrected chi connectivity index (χ2v) is 5.95. The van der Waals surface area contributed by atoms with E-state index in [1.165, 1.54) is 63.7 Å². The average molecular weight is 213 g/mol. The Balaban J connectivity index is 1.80. The van der Waals surface area contributed by atoms with Crippen LogP contribution in [0.2, 0.25) is 0 Å². The smallest absolute Gasteiger partial charge is 0.0560 e. The first kappa shape index (κ1) is 10.8. The number of hydrogen-bond donors (Lipinski definition) is 1. The van der Waals surface area contributed by atoms with Gasteiger partial charge in [-0.1, -0.05) is 32.1 Å². The SMILES string of the molecule is C1CCCC(C2NCCCS2)CCC1. The molecule has 1 unspecified atom stereocenters. The molecule has 0 bridgehead atoms. The zero-order valence-corrected chi connectivity index (χ0v) is 9.95. The Labute approximate surface area is 92.4 Å². The van der Waals surface area contributed by atoms with Gasteiger partial charge in [0.15, 0.2) is 0 Å². The van der Waals surface area contributed by atoms with Gasteiger partial charge in [-0.25, -0.2) is 0 Å². The molecule has 0 spiro atoms. The van der Waals surface area contributed by atoms with Crippen molar-refractivity contribution in [2.75, 3.05) is 12.3 Å². The highest BCUT2D eigenvalue weighted by molar-refractivity contribution is 7.99. The van der Waals surface area contributed by atoms with Crippen molar-refractivity contribution in [3.05, 3.63) is 0 Å². The minimum Gasteiger partial charge on any atom is -0.305 e. The summed E-state index contributed by atoms with van der Waals surface area (Å²) in [5, 5.41) is 4.49. The molecule has 0 amide bonds. The van der Waals surface area contributed by atoms with Crippen LogP contribution in [-0.2, 0) is 0 Å². The highest BCUT2D eigenvalue weighted by atomic mass is 32.2. The first-order valence-electron chi connectivity index (χ1n) is 6.32. The summed E-state index contributed by atoms with van der Waals surface area (Å²) in [7, 11) is 0. The lowest BCUT2D eigenvalue weighted by molar-refractivity contribution is 0.339. The van der Waals surface area contributed by atoms with Crippen molar-refractivity contribution in [3.63, 3.8) is 0 Å². The highest BCUT2D eigenvalue weighted by Gasteiger charge is 2.23. The van der Waals surface area contributed by atoms with Crippen LogP contribution in [0, 0.1) is 5.92 Å². The first-order valence-corrected chi connectivity index (χ1v) is 7.37. The summed E-state index contributed by atoms with van der Waals surface area (Å²) >= 11 is 2.17. The quantitative estimate of drug-likeness (QED) is 0.716. The van der Waals surface area contributed by atoms with E-state index < -0.39 is 0 Å². The van der Waals surface area contributed by atoms with Crippen molar-refractivity contribution in [1.82, 2.24) is 5.32 Å². The summed E-state index contributed by atoms with van der Waals surface area (Å²) in [6.07, 6.45) is 11.7. The van der Waals surface area contributed by atoms with Crippen LogP contribution in [-0.4, -0.2) is 17.7 Å². The molecule has 1 aliphatic heterocycles. The van der Waals surface area contributed by atoms with E-state index in [4.69, 9.17) is 0 Å². The van der Waals surface area contributed by atoms with Crippen LogP contribution in [0.5, 0.6) is 0 Å². The van der Waals surface area contributed by atoms with E-state index in [0.29, 0.717) is 0 Å². The maximum atomic E-state index is 3.70. The Morgan fingerprint density at radius 2 is 1.57 bits per heavy atom. The minimum absolute atomic E-state index is 0.793. The van der Waals surface area contributed by atoms with Crippen LogP contribution in [0.25, 0.3) is 0 Å². The van der Waals surface area contributed by atoms with Crippen molar-refractivity contribution in [3.8, 4) is 0 Å². The largest absolute Gasteiger partial charge is 0.305 e. The van der Waals surface area contributed by atoms with Crippen molar-refractivity contribution in [2.45, 2.75) is 56.7 Å². The molecular weight excluding hydrogens is 190 g/mol. The standard InChI is InChI=1S/C12H23NS/c1-2-4-7-11(8-5-3-1)12-13-9-6-10-14-12/h11-13H,1-10H2. The molecule has 2 rings (SSSR count). The van der Waals surface area contributed by atoms with Crippen LogP contribution < -0.4 is 5.32 Å². The summed E-state index contributed by atoms with van der Waals surface area (Å²) in [6.45, 7) is 1.26. The fourth-order valence-electron chi connectivity index (χ4n) is 2.68. The Morgan fingerprint density at radius 1 is 0.857 bits per heavy atom. The summed E-state index contributed by atoms with van der Waals surface area (Å²) < 4.78 is 0. The number of hydrogen-bond acceptors (Lipinski definition) is 2. The van der Waals surface area contributed by atoms with Gasteiger partial charge in [0.25, 0.3) is 0 Å². The zero-order chi connectivity index (χ0) is 9.64. The lowest BCUT2D eigenvalue weighted by Gasteiger charge is -2.32. The molecule has 1 atom stereocenters. The van der Waals surface area contributed by atoms with Gasteiger partial charge in [0, 0.05) is 0 Å². The summed E-state index contributed by atoms with van der Waals surface area (Å²) in [5.74, 6) is 2.36. The van der Waals surface area contributed by atoms with E-state index in [-0.39, 0.29) is 0 Å². The third kappa shape index (κ3) is 3.16. The van der Waals surface area contributed by atoms with E-state index in [2.05, 4.69) is 17.1 Å². The molecule has 1 heterocycles. The molecule has 0 radical (unpaired) electrons. The summed E-state index contributed by atoms with van der Waals surface area (Å²) in [4.78, 5) is 0. The summed E-state index contributed by atoms with van der Waals surface area (Å²) in [6, 6.07) is 0. The molecule has 1 saturated heterocycles. The molecule has 82 valence electrons. The van der Waals surface area contributed by atoms with Crippen molar-refractivity contribution >= 4 is 11.8 Å². The second-order valence-electron chi connectivity index (χ2n) is 4.70. The van der Waals surface area contributed by atoms with Gasteiger partial charge in [0.2, 0.25) is 0 Å². The predicted octanol–water partition coefficient (Wildman–Crippen LogP) is 3.40. The van der Waals surface area contributed by atoms with E-state index in [0.717, 1.165) is 11.3 Å². The Kier molecular flexibility index (Phi) is 4.65. The third-order valence-corrected chi connectivity index (χ3v) is 4.98. The van der Waals surface area contributed by atoms with Crippen LogP contribution in [0.3, 0.4) is 0 Å². The van der Waals surface area contributed by atoms with Crippen LogP contribution >= 0.6 is 11.8 Å². The Bertz CT molecular complexity index is 146. The van der Waals surface area contributed by atoms with Crippen LogP contribution in [0.15, 0.2) is 0 Å². The molecule has 1 aliphatic carbocycles. The van der Waals surface area contributed by atoms with Gasteiger partial charge in [0.05, 0.1) is 5.37 Å². The number of nitrogens with one attached hydrogen (secondary N) is 1. The van der Waals surface area contributed by atoms with E-state index in [1.54, 1.807) is 0 Å². The van der Waals surface area contributed by atoms with Gasteiger partial charge in [0.1, 0.15) is 0 Å². The lowest BCUT2D eigenvalue weighted by Crippen LogP contribution is -2.38. The number of rotatable bonds is 1. The van der Waals surface area contributed by atoms with Crippen molar-refractivity contribution in [1.29, 1.82) is 0 Å². The maximum Gasteiger partial charge on any atom is 0.0560 e. The zero-order valence-electron chi connectivity index (χ0n) is 9.13. The molecule has 1 nitrogen and oxygen atoms in total. The fraction of sp³-hybridized carbons (Fsp3) is 1.00. The molecule has 2 fully saturated rings. The monoisotopic (exact) mass is 213 g/mol. The Hall–Kier alpha value is 0.310. The molecule has 0 aromatic carbocycles. The summed E-state index contributed by atoms with van der Waals surface area (Å²) in [5.41, 5.74) is 0. The molecule has 1 saturated carbocycles. The molecule has 2 aliphatic rings. The van der Waals surface area contributed by atoms with E-state index in [9.17, 15) is 0 Å². The average Bonchev–Trinajstić information content (AvgIpc) is 2.18. The highest BCUT2D eigenvalue weighted by Crippen LogP contribution is 2.31. The number of thioether (sulfide) groups is 1. The minimum atomic E-state index is 0.793. The Morgan fingerprint density at radius 3 is 2.21 bits per heavy atom. The molecule has 0 aromatic heterocycles. The predicted molar refractivity (Wildman–Crippen MR) is 64.7 cm³/mol. The molecule has 0 aromatic rings. The molecular formula is C12H23NS. The van der Waals surface area contributed by atoms with E-state index >= 15 is 0 Å². The molecule has 14 heavy (non-hydrogen) atoms. The second kappa shape index (κ2) is 6.02. The van der Waals surface area contributed by atoms with Gasteiger partial charge >= 0.3 is 0 Å². The van der Waals surface area contributed by atoms with Crippen molar-refractivity contribution in [2.24, 2.45) is 5.92 Å². The van der Waals surface area contributed by atoms with Gasteiger partial charge in [-0.3, -0.25) is 0 Å². The fourth-order valence-corrected chi connectivity index (χ4v) is 4.02. The van der Waals surface area contributed by atoms with Crippen LogP contribution in [0.1, 0.15) is 51.4 Å². The van der Waals surface area contributed by atoms with Gasteiger partial charge < -0.3 is 5.32 Å². The van der Waals surface area contributed by atoms with Crippen molar-refractivity contribution < 1.29 is 0 Å². The van der Waals surface area contributed by atoms with E-state index in [1.807, 2.05) is 0 Å².